The van der Waals surface area contributed by atoms with Gasteiger partial charge in [0.15, 0.2) is 5.78 Å². The van der Waals surface area contributed by atoms with Crippen molar-refractivity contribution in [3.05, 3.63) is 95.8 Å². The summed E-state index contributed by atoms with van der Waals surface area (Å²) in [5.41, 5.74) is 1.28. The van der Waals surface area contributed by atoms with E-state index in [-0.39, 0.29) is 16.4 Å². The molecule has 3 aromatic rings. The molecule has 0 heterocycles. The molecule has 0 aliphatic heterocycles. The second-order valence-electron chi connectivity index (χ2n) is 5.34. The van der Waals surface area contributed by atoms with Crippen LogP contribution in [0.2, 0.25) is 0 Å². The first kappa shape index (κ1) is 16.9. The van der Waals surface area contributed by atoms with Gasteiger partial charge in [0.05, 0.1) is 4.90 Å². The molecule has 0 spiro atoms. The van der Waals surface area contributed by atoms with Crippen molar-refractivity contribution in [2.45, 2.75) is 4.90 Å². The smallest absolute Gasteiger partial charge is 0.261 e. The van der Waals surface area contributed by atoms with Gasteiger partial charge in [0.25, 0.3) is 10.0 Å². The standard InChI is InChI=1S/C19H14FNO3S/c20-16-7-4-8-18(13-16)25(23,24)21-17-11-9-15(10-12-17)19(22)14-5-2-1-3-6-14/h1-13,21H. The van der Waals surface area contributed by atoms with Crippen molar-refractivity contribution in [1.29, 1.82) is 0 Å². The highest BCUT2D eigenvalue weighted by atomic mass is 32.2. The van der Waals surface area contributed by atoms with Gasteiger partial charge in [0.1, 0.15) is 5.82 Å². The monoisotopic (exact) mass is 355 g/mol. The number of ketones is 1. The third kappa shape index (κ3) is 3.92. The molecule has 3 rings (SSSR count). The molecule has 0 radical (unpaired) electrons. The van der Waals surface area contributed by atoms with Gasteiger partial charge < -0.3 is 0 Å². The number of carbonyl (C=O) groups excluding carboxylic acids is 1. The molecule has 3 aromatic carbocycles. The number of hydrogen-bond acceptors (Lipinski definition) is 3. The zero-order valence-electron chi connectivity index (χ0n) is 13.0. The van der Waals surface area contributed by atoms with Crippen LogP contribution in [-0.2, 0) is 10.0 Å². The van der Waals surface area contributed by atoms with Crippen molar-refractivity contribution in [2.24, 2.45) is 0 Å². The highest BCUT2D eigenvalue weighted by Gasteiger charge is 2.15. The minimum absolute atomic E-state index is 0.153. The van der Waals surface area contributed by atoms with Crippen molar-refractivity contribution in [1.82, 2.24) is 0 Å². The van der Waals surface area contributed by atoms with Crippen LogP contribution in [0.5, 0.6) is 0 Å². The maximum atomic E-state index is 13.2. The molecule has 0 bridgehead atoms. The SMILES string of the molecule is O=C(c1ccccc1)c1ccc(NS(=O)(=O)c2cccc(F)c2)cc1. The molecular formula is C19H14FNO3S. The predicted octanol–water partition coefficient (Wildman–Crippen LogP) is 3.86. The zero-order chi connectivity index (χ0) is 17.9. The molecule has 0 aromatic heterocycles. The molecule has 0 amide bonds. The fourth-order valence-corrected chi connectivity index (χ4v) is 3.38. The molecule has 4 nitrogen and oxygen atoms in total. The number of sulfonamides is 1. The Hall–Kier alpha value is -2.99. The first-order valence-corrected chi connectivity index (χ1v) is 8.92. The van der Waals surface area contributed by atoms with Gasteiger partial charge in [-0.1, -0.05) is 36.4 Å². The molecule has 25 heavy (non-hydrogen) atoms. The number of benzene rings is 3. The molecule has 0 saturated carbocycles. The predicted molar refractivity (Wildman–Crippen MR) is 93.5 cm³/mol. The second-order valence-corrected chi connectivity index (χ2v) is 7.02. The van der Waals surface area contributed by atoms with Crippen LogP contribution in [0.25, 0.3) is 0 Å². The Bertz CT molecular complexity index is 1000. The van der Waals surface area contributed by atoms with Gasteiger partial charge >= 0.3 is 0 Å². The van der Waals surface area contributed by atoms with E-state index in [2.05, 4.69) is 4.72 Å². The largest absolute Gasteiger partial charge is 0.289 e. The fourth-order valence-electron chi connectivity index (χ4n) is 2.29. The number of hydrogen-bond donors (Lipinski definition) is 1. The zero-order valence-corrected chi connectivity index (χ0v) is 13.8. The minimum Gasteiger partial charge on any atom is -0.289 e. The van der Waals surface area contributed by atoms with Crippen LogP contribution in [0, 0.1) is 5.82 Å². The van der Waals surface area contributed by atoms with E-state index in [9.17, 15) is 17.6 Å². The van der Waals surface area contributed by atoms with Crippen LogP contribution in [0.15, 0.2) is 83.8 Å². The highest BCUT2D eigenvalue weighted by Crippen LogP contribution is 2.18. The molecule has 6 heteroatoms. The van der Waals surface area contributed by atoms with E-state index < -0.39 is 15.8 Å². The van der Waals surface area contributed by atoms with Crippen LogP contribution in [0.1, 0.15) is 15.9 Å². The van der Waals surface area contributed by atoms with E-state index in [1.54, 1.807) is 36.4 Å². The van der Waals surface area contributed by atoms with Crippen LogP contribution >= 0.6 is 0 Å². The van der Waals surface area contributed by atoms with E-state index in [4.69, 9.17) is 0 Å². The van der Waals surface area contributed by atoms with Crippen molar-refractivity contribution in [3.8, 4) is 0 Å². The van der Waals surface area contributed by atoms with Crippen molar-refractivity contribution in [2.75, 3.05) is 4.72 Å². The van der Waals surface area contributed by atoms with Gasteiger partial charge in [0.2, 0.25) is 0 Å². The van der Waals surface area contributed by atoms with Crippen LogP contribution in [-0.4, -0.2) is 14.2 Å². The maximum Gasteiger partial charge on any atom is 0.261 e. The quantitative estimate of drug-likeness (QED) is 0.707. The number of rotatable bonds is 5. The lowest BCUT2D eigenvalue weighted by atomic mass is 10.0. The lowest BCUT2D eigenvalue weighted by Crippen LogP contribution is -2.13. The van der Waals surface area contributed by atoms with Gasteiger partial charge in [0, 0.05) is 16.8 Å². The highest BCUT2D eigenvalue weighted by molar-refractivity contribution is 7.92. The molecule has 0 unspecified atom stereocenters. The molecule has 0 aliphatic rings. The lowest BCUT2D eigenvalue weighted by Gasteiger charge is -2.09. The summed E-state index contributed by atoms with van der Waals surface area (Å²) in [4.78, 5) is 12.2. The van der Waals surface area contributed by atoms with E-state index in [0.29, 0.717) is 11.1 Å². The summed E-state index contributed by atoms with van der Waals surface area (Å²) in [6.07, 6.45) is 0. The number of halogens is 1. The summed E-state index contributed by atoms with van der Waals surface area (Å²) >= 11 is 0. The number of carbonyl (C=O) groups is 1. The molecule has 0 aliphatic carbocycles. The van der Waals surface area contributed by atoms with E-state index in [1.807, 2.05) is 6.07 Å². The van der Waals surface area contributed by atoms with Gasteiger partial charge in [-0.3, -0.25) is 9.52 Å². The van der Waals surface area contributed by atoms with Crippen LogP contribution in [0.3, 0.4) is 0 Å². The minimum atomic E-state index is -3.90. The Balaban J connectivity index is 1.80. The van der Waals surface area contributed by atoms with Crippen LogP contribution < -0.4 is 4.72 Å². The van der Waals surface area contributed by atoms with Gasteiger partial charge in [-0.15, -0.1) is 0 Å². The maximum absolute atomic E-state index is 13.2. The Kier molecular flexibility index (Phi) is 4.63. The lowest BCUT2D eigenvalue weighted by molar-refractivity contribution is 0.103. The Morgan fingerprint density at radius 1 is 0.800 bits per heavy atom. The second kappa shape index (κ2) is 6.86. The van der Waals surface area contributed by atoms with Gasteiger partial charge in [-0.2, -0.15) is 0 Å². The summed E-state index contributed by atoms with van der Waals surface area (Å²) in [5.74, 6) is -0.785. The average Bonchev–Trinajstić information content (AvgIpc) is 2.62. The van der Waals surface area contributed by atoms with Crippen molar-refractivity contribution < 1.29 is 17.6 Å². The van der Waals surface area contributed by atoms with Crippen molar-refractivity contribution >= 4 is 21.5 Å². The Morgan fingerprint density at radius 2 is 1.44 bits per heavy atom. The normalized spacial score (nSPS) is 11.1. The third-order valence-corrected chi connectivity index (χ3v) is 4.92. The number of anilines is 1. The first-order valence-electron chi connectivity index (χ1n) is 7.44. The summed E-state index contributed by atoms with van der Waals surface area (Å²) in [6.45, 7) is 0. The molecule has 126 valence electrons. The molecule has 0 atom stereocenters. The summed E-state index contributed by atoms with van der Waals surface area (Å²) in [7, 11) is -3.90. The Morgan fingerprint density at radius 3 is 2.08 bits per heavy atom. The van der Waals surface area contributed by atoms with E-state index in [1.165, 1.54) is 30.3 Å². The molecule has 0 saturated heterocycles. The number of nitrogens with one attached hydrogen (secondary N) is 1. The first-order chi connectivity index (χ1) is 12.0. The van der Waals surface area contributed by atoms with Gasteiger partial charge in [-0.25, -0.2) is 12.8 Å². The average molecular weight is 355 g/mol. The molecule has 1 N–H and O–H groups in total. The summed E-state index contributed by atoms with van der Waals surface area (Å²) in [5, 5.41) is 0. The third-order valence-electron chi connectivity index (χ3n) is 3.54. The topological polar surface area (TPSA) is 63.2 Å². The molecule has 0 fully saturated rings. The van der Waals surface area contributed by atoms with E-state index >= 15 is 0 Å². The molecular weight excluding hydrogens is 341 g/mol. The summed E-state index contributed by atoms with van der Waals surface area (Å²) in [6, 6.07) is 19.6. The fraction of sp³-hybridized carbons (Fsp3) is 0. The van der Waals surface area contributed by atoms with Gasteiger partial charge in [-0.05, 0) is 42.5 Å². The van der Waals surface area contributed by atoms with E-state index in [0.717, 1.165) is 6.07 Å². The Labute approximate surface area is 145 Å². The van der Waals surface area contributed by atoms with Crippen molar-refractivity contribution in [3.63, 3.8) is 0 Å². The van der Waals surface area contributed by atoms with Crippen LogP contribution in [0.4, 0.5) is 10.1 Å². The summed E-state index contributed by atoms with van der Waals surface area (Å²) < 4.78 is 40.1.